The van der Waals surface area contributed by atoms with Crippen molar-refractivity contribution < 1.29 is 9.47 Å². The molecule has 0 aromatic heterocycles. The van der Waals surface area contributed by atoms with Gasteiger partial charge in [-0.2, -0.15) is 0 Å². The number of ether oxygens (including phenoxy) is 2. The van der Waals surface area contributed by atoms with Gasteiger partial charge in [0.15, 0.2) is 0 Å². The molecular weight excluding hydrogens is 202 g/mol. The minimum Gasteiger partial charge on any atom is -0.491 e. The van der Waals surface area contributed by atoms with E-state index in [1.807, 2.05) is 33.0 Å². The van der Waals surface area contributed by atoms with Crippen molar-refractivity contribution in [3.8, 4) is 5.75 Å². The van der Waals surface area contributed by atoms with Crippen LogP contribution in [0.5, 0.6) is 5.75 Å². The van der Waals surface area contributed by atoms with E-state index in [2.05, 4.69) is 17.4 Å². The van der Waals surface area contributed by atoms with Crippen LogP contribution in [0.3, 0.4) is 0 Å². The molecule has 0 fully saturated rings. The summed E-state index contributed by atoms with van der Waals surface area (Å²) in [5.74, 6) is 0.906. The monoisotopic (exact) mass is 223 g/mol. The number of likely N-dealkylation sites (N-methyl/N-ethyl adjacent to an activating group) is 1. The molecule has 90 valence electrons. The first-order valence-corrected chi connectivity index (χ1v) is 5.60. The average molecular weight is 223 g/mol. The summed E-state index contributed by atoms with van der Waals surface area (Å²) in [6, 6.07) is 8.32. The Morgan fingerprint density at radius 3 is 2.62 bits per heavy atom. The fourth-order valence-electron chi connectivity index (χ4n) is 1.59. The fourth-order valence-corrected chi connectivity index (χ4v) is 1.59. The molecule has 1 N–H and O–H groups in total. The van der Waals surface area contributed by atoms with E-state index in [9.17, 15) is 0 Å². The number of hydrogen-bond acceptors (Lipinski definition) is 3. The summed E-state index contributed by atoms with van der Waals surface area (Å²) >= 11 is 0. The molecule has 3 heteroatoms. The number of nitrogens with one attached hydrogen (secondary N) is 1. The Labute approximate surface area is 97.8 Å². The van der Waals surface area contributed by atoms with Crippen molar-refractivity contribution in [2.24, 2.45) is 0 Å². The number of rotatable bonds is 6. The molecule has 0 radical (unpaired) electrons. The lowest BCUT2D eigenvalue weighted by Gasteiger charge is -2.17. The standard InChI is InChI=1S/C13H21NO2/c1-10(2)16-12-7-5-6-11(8-12)13(14-3)9-15-4/h5-8,10,13-14H,9H2,1-4H3. The zero-order valence-electron chi connectivity index (χ0n) is 10.5. The third-order valence-electron chi connectivity index (χ3n) is 2.31. The third-order valence-corrected chi connectivity index (χ3v) is 2.31. The van der Waals surface area contributed by atoms with Crippen molar-refractivity contribution in [1.82, 2.24) is 5.32 Å². The van der Waals surface area contributed by atoms with Crippen LogP contribution in [0.25, 0.3) is 0 Å². The Hall–Kier alpha value is -1.06. The van der Waals surface area contributed by atoms with Gasteiger partial charge in [0.25, 0.3) is 0 Å². The molecule has 0 saturated carbocycles. The zero-order valence-corrected chi connectivity index (χ0v) is 10.5. The topological polar surface area (TPSA) is 30.5 Å². The SMILES string of the molecule is CNC(COC)c1cccc(OC(C)C)c1. The number of methoxy groups -OCH3 is 1. The summed E-state index contributed by atoms with van der Waals surface area (Å²) in [6.45, 7) is 4.70. The smallest absolute Gasteiger partial charge is 0.120 e. The predicted molar refractivity (Wildman–Crippen MR) is 65.9 cm³/mol. The molecule has 0 aliphatic rings. The van der Waals surface area contributed by atoms with E-state index >= 15 is 0 Å². The van der Waals surface area contributed by atoms with Crippen molar-refractivity contribution in [3.05, 3.63) is 29.8 Å². The third kappa shape index (κ3) is 3.83. The maximum Gasteiger partial charge on any atom is 0.120 e. The maximum atomic E-state index is 5.66. The molecule has 0 bridgehead atoms. The van der Waals surface area contributed by atoms with E-state index in [1.54, 1.807) is 7.11 Å². The van der Waals surface area contributed by atoms with Gasteiger partial charge in [0, 0.05) is 7.11 Å². The van der Waals surface area contributed by atoms with Gasteiger partial charge in [-0.3, -0.25) is 0 Å². The first kappa shape index (κ1) is 13.0. The van der Waals surface area contributed by atoms with Gasteiger partial charge in [0.05, 0.1) is 18.8 Å². The molecule has 3 nitrogen and oxygen atoms in total. The summed E-state index contributed by atoms with van der Waals surface area (Å²) in [7, 11) is 3.64. The summed E-state index contributed by atoms with van der Waals surface area (Å²) < 4.78 is 10.8. The highest BCUT2D eigenvalue weighted by atomic mass is 16.5. The molecule has 0 spiro atoms. The molecule has 1 aromatic rings. The molecular formula is C13H21NO2. The van der Waals surface area contributed by atoms with Crippen LogP contribution in [0.4, 0.5) is 0 Å². The van der Waals surface area contributed by atoms with Crippen molar-refractivity contribution >= 4 is 0 Å². The summed E-state index contributed by atoms with van der Waals surface area (Å²) in [5, 5.41) is 3.22. The van der Waals surface area contributed by atoms with Crippen LogP contribution in [0.2, 0.25) is 0 Å². The van der Waals surface area contributed by atoms with Crippen molar-refractivity contribution in [2.75, 3.05) is 20.8 Å². The van der Waals surface area contributed by atoms with Gasteiger partial charge in [-0.1, -0.05) is 12.1 Å². The molecule has 1 atom stereocenters. The van der Waals surface area contributed by atoms with Gasteiger partial charge >= 0.3 is 0 Å². The normalized spacial score (nSPS) is 12.8. The van der Waals surface area contributed by atoms with E-state index in [0.717, 1.165) is 5.75 Å². The number of hydrogen-bond donors (Lipinski definition) is 1. The molecule has 0 heterocycles. The highest BCUT2D eigenvalue weighted by molar-refractivity contribution is 5.30. The van der Waals surface area contributed by atoms with Gasteiger partial charge in [-0.25, -0.2) is 0 Å². The van der Waals surface area contributed by atoms with E-state index in [4.69, 9.17) is 9.47 Å². The fraction of sp³-hybridized carbons (Fsp3) is 0.538. The highest BCUT2D eigenvalue weighted by Gasteiger charge is 2.09. The van der Waals surface area contributed by atoms with E-state index in [-0.39, 0.29) is 12.1 Å². The van der Waals surface area contributed by atoms with Crippen LogP contribution in [-0.2, 0) is 4.74 Å². The highest BCUT2D eigenvalue weighted by Crippen LogP contribution is 2.20. The quantitative estimate of drug-likeness (QED) is 0.803. The first-order valence-electron chi connectivity index (χ1n) is 5.60. The molecule has 1 unspecified atom stereocenters. The van der Waals surface area contributed by atoms with Gasteiger partial charge in [0.2, 0.25) is 0 Å². The van der Waals surface area contributed by atoms with E-state index < -0.39 is 0 Å². The Balaban J connectivity index is 2.79. The van der Waals surface area contributed by atoms with Crippen molar-refractivity contribution in [2.45, 2.75) is 26.0 Å². The van der Waals surface area contributed by atoms with Crippen LogP contribution in [0.15, 0.2) is 24.3 Å². The van der Waals surface area contributed by atoms with Gasteiger partial charge in [-0.15, -0.1) is 0 Å². The molecule has 0 saturated heterocycles. The second kappa shape index (κ2) is 6.51. The second-order valence-electron chi connectivity index (χ2n) is 4.04. The summed E-state index contributed by atoms with van der Waals surface area (Å²) in [4.78, 5) is 0. The summed E-state index contributed by atoms with van der Waals surface area (Å²) in [5.41, 5.74) is 1.18. The van der Waals surface area contributed by atoms with Crippen LogP contribution < -0.4 is 10.1 Å². The molecule has 0 amide bonds. The minimum atomic E-state index is 0.200. The Bertz CT molecular complexity index is 313. The predicted octanol–water partition coefficient (Wildman–Crippen LogP) is 2.38. The van der Waals surface area contributed by atoms with Crippen LogP contribution in [0, 0.1) is 0 Å². The summed E-state index contributed by atoms with van der Waals surface area (Å²) in [6.07, 6.45) is 0.200. The van der Waals surface area contributed by atoms with Crippen molar-refractivity contribution in [1.29, 1.82) is 0 Å². The van der Waals surface area contributed by atoms with Gasteiger partial charge < -0.3 is 14.8 Å². The second-order valence-corrected chi connectivity index (χ2v) is 4.04. The lowest BCUT2D eigenvalue weighted by Crippen LogP contribution is -2.21. The first-order chi connectivity index (χ1) is 7.67. The maximum absolute atomic E-state index is 5.66. The Morgan fingerprint density at radius 2 is 2.06 bits per heavy atom. The van der Waals surface area contributed by atoms with Crippen LogP contribution in [0.1, 0.15) is 25.5 Å². The number of benzene rings is 1. The average Bonchev–Trinajstić information content (AvgIpc) is 2.25. The molecule has 1 aromatic carbocycles. The zero-order chi connectivity index (χ0) is 12.0. The van der Waals surface area contributed by atoms with Gasteiger partial charge in [-0.05, 0) is 38.6 Å². The van der Waals surface area contributed by atoms with Crippen molar-refractivity contribution in [3.63, 3.8) is 0 Å². The van der Waals surface area contributed by atoms with E-state index in [1.165, 1.54) is 5.56 Å². The van der Waals surface area contributed by atoms with Crippen LogP contribution >= 0.6 is 0 Å². The Kier molecular flexibility index (Phi) is 5.29. The lowest BCUT2D eigenvalue weighted by molar-refractivity contribution is 0.170. The van der Waals surface area contributed by atoms with E-state index in [0.29, 0.717) is 6.61 Å². The lowest BCUT2D eigenvalue weighted by atomic mass is 10.1. The largest absolute Gasteiger partial charge is 0.491 e. The molecule has 1 rings (SSSR count). The Morgan fingerprint density at radius 1 is 1.31 bits per heavy atom. The van der Waals surface area contributed by atoms with Crippen LogP contribution in [-0.4, -0.2) is 26.9 Å². The van der Waals surface area contributed by atoms with Gasteiger partial charge in [0.1, 0.15) is 5.75 Å². The molecule has 0 aliphatic carbocycles. The molecule has 0 aliphatic heterocycles. The molecule has 16 heavy (non-hydrogen) atoms. The minimum absolute atomic E-state index is 0.200.